The molecule has 5 heteroatoms. The highest BCUT2D eigenvalue weighted by Gasteiger charge is 2.05. The molecule has 4 nitrogen and oxygen atoms in total. The molecule has 0 aliphatic rings. The third kappa shape index (κ3) is 6.77. The molecule has 0 bridgehead atoms. The third-order valence-corrected chi connectivity index (χ3v) is 3.05. The van der Waals surface area contributed by atoms with Crippen LogP contribution >= 0.6 is 22.6 Å². The molecule has 1 rings (SSSR count). The Morgan fingerprint density at radius 1 is 1.26 bits per heavy atom. The maximum atomic E-state index is 11.9. The smallest absolute Gasteiger partial charge is 0.251 e. The van der Waals surface area contributed by atoms with E-state index in [0.717, 1.165) is 38.0 Å². The largest absolute Gasteiger partial charge is 0.483 e. The average molecular weight is 376 g/mol. The molecule has 1 aromatic rings. The molecule has 1 aromatic carbocycles. The topological polar surface area (TPSA) is 64.3 Å². The van der Waals surface area contributed by atoms with Gasteiger partial charge in [-0.3, -0.25) is 4.79 Å². The molecule has 0 unspecified atom stereocenters. The summed E-state index contributed by atoms with van der Waals surface area (Å²) < 4.78 is 5.93. The monoisotopic (exact) mass is 376 g/mol. The first kappa shape index (κ1) is 16.2. The van der Waals surface area contributed by atoms with Crippen LogP contribution in [0, 0.1) is 0 Å². The number of halogens is 1. The zero-order valence-electron chi connectivity index (χ0n) is 11.0. The van der Waals surface area contributed by atoms with Gasteiger partial charge in [-0.1, -0.05) is 18.9 Å². The van der Waals surface area contributed by atoms with E-state index in [2.05, 4.69) is 27.9 Å². The van der Waals surface area contributed by atoms with Crippen LogP contribution in [0.15, 0.2) is 24.3 Å². The second-order valence-corrected chi connectivity index (χ2v) is 4.86. The van der Waals surface area contributed by atoms with Crippen LogP contribution in [0.1, 0.15) is 36.0 Å². The highest BCUT2D eigenvalue weighted by atomic mass is 127. The number of hydrogen-bond donors (Lipinski definition) is 2. The van der Waals surface area contributed by atoms with E-state index in [1.807, 2.05) is 12.1 Å². The summed E-state index contributed by atoms with van der Waals surface area (Å²) >= 11 is 2.13. The molecule has 0 spiro atoms. The Kier molecular flexibility index (Phi) is 8.57. The summed E-state index contributed by atoms with van der Waals surface area (Å²) in [7, 11) is 0. The van der Waals surface area contributed by atoms with Crippen molar-refractivity contribution < 1.29 is 9.53 Å². The lowest BCUT2D eigenvalue weighted by Gasteiger charge is -2.07. The van der Waals surface area contributed by atoms with E-state index in [0.29, 0.717) is 16.7 Å². The Morgan fingerprint density at radius 2 is 2.05 bits per heavy atom. The van der Waals surface area contributed by atoms with Crippen LogP contribution in [0.3, 0.4) is 0 Å². The molecule has 106 valence electrons. The van der Waals surface area contributed by atoms with Crippen molar-refractivity contribution in [2.75, 3.05) is 17.7 Å². The predicted molar refractivity (Wildman–Crippen MR) is 85.8 cm³/mol. The lowest BCUT2D eigenvalue weighted by Crippen LogP contribution is -2.24. The number of unbranched alkanes of at least 4 members (excludes halogenated alkanes) is 3. The summed E-state index contributed by atoms with van der Waals surface area (Å²) in [6.07, 6.45) is 4.29. The van der Waals surface area contributed by atoms with Crippen molar-refractivity contribution in [3.8, 4) is 5.75 Å². The highest BCUT2D eigenvalue weighted by Crippen LogP contribution is 2.14. The lowest BCUT2D eigenvalue weighted by molar-refractivity contribution is 0.0952. The molecular formula is C14H21IN2O2. The maximum Gasteiger partial charge on any atom is 0.251 e. The van der Waals surface area contributed by atoms with E-state index in [9.17, 15) is 4.79 Å². The van der Waals surface area contributed by atoms with Crippen LogP contribution in [0.4, 0.5) is 0 Å². The highest BCUT2D eigenvalue weighted by molar-refractivity contribution is 14.1. The molecule has 0 saturated heterocycles. The maximum absolute atomic E-state index is 11.9. The molecule has 0 fully saturated rings. The molecule has 0 heterocycles. The number of nitrogens with two attached hydrogens (primary N) is 1. The van der Waals surface area contributed by atoms with E-state index in [4.69, 9.17) is 10.5 Å². The van der Waals surface area contributed by atoms with Crippen LogP contribution in [0.2, 0.25) is 0 Å². The van der Waals surface area contributed by atoms with E-state index in [-0.39, 0.29) is 5.91 Å². The summed E-state index contributed by atoms with van der Waals surface area (Å²) in [5, 5.41) is 2.92. The number of benzene rings is 1. The van der Waals surface area contributed by atoms with Crippen molar-refractivity contribution in [2.24, 2.45) is 5.73 Å². The van der Waals surface area contributed by atoms with E-state index in [1.54, 1.807) is 12.1 Å². The first-order chi connectivity index (χ1) is 9.27. The molecule has 1 amide bonds. The first-order valence-electron chi connectivity index (χ1n) is 6.55. The van der Waals surface area contributed by atoms with Crippen molar-refractivity contribution in [3.63, 3.8) is 0 Å². The molecule has 0 atom stereocenters. The zero-order valence-corrected chi connectivity index (χ0v) is 13.2. The number of nitrogens with one attached hydrogen (secondary N) is 1. The third-order valence-electron chi connectivity index (χ3n) is 2.73. The summed E-state index contributed by atoms with van der Waals surface area (Å²) in [4.78, 5) is 11.9. The second-order valence-electron chi connectivity index (χ2n) is 4.24. The second kappa shape index (κ2) is 10.0. The molecule has 0 aliphatic heterocycles. The Bertz CT molecular complexity index is 385. The number of amides is 1. The van der Waals surface area contributed by atoms with Crippen molar-refractivity contribution in [1.29, 1.82) is 0 Å². The normalized spacial score (nSPS) is 10.2. The Balaban J connectivity index is 2.30. The summed E-state index contributed by atoms with van der Waals surface area (Å²) in [5.74, 6) is 0.683. The van der Waals surface area contributed by atoms with Crippen molar-refractivity contribution in [3.05, 3.63) is 29.8 Å². The van der Waals surface area contributed by atoms with Gasteiger partial charge in [0.25, 0.3) is 5.91 Å². The molecular weight excluding hydrogens is 355 g/mol. The molecule has 0 aliphatic carbocycles. The minimum absolute atomic E-state index is 0.0438. The van der Waals surface area contributed by atoms with E-state index < -0.39 is 0 Å². The number of carbonyl (C=O) groups excluding carboxylic acids is 1. The number of alkyl halides is 1. The molecule has 0 saturated carbocycles. The molecule has 3 N–H and O–H groups in total. The fraction of sp³-hybridized carbons (Fsp3) is 0.500. The molecule has 0 radical (unpaired) electrons. The summed E-state index contributed by atoms with van der Waals surface area (Å²) in [6.45, 7) is 1.46. The predicted octanol–water partition coefficient (Wildman–Crippen LogP) is 2.71. The van der Waals surface area contributed by atoms with Crippen LogP contribution in [0.25, 0.3) is 0 Å². The van der Waals surface area contributed by atoms with E-state index >= 15 is 0 Å². The van der Waals surface area contributed by atoms with Crippen LogP contribution in [-0.4, -0.2) is 23.6 Å². The lowest BCUT2D eigenvalue weighted by atomic mass is 10.2. The number of rotatable bonds is 9. The van der Waals surface area contributed by atoms with Crippen LogP contribution < -0.4 is 15.8 Å². The van der Waals surface area contributed by atoms with Crippen molar-refractivity contribution >= 4 is 28.5 Å². The summed E-state index contributed by atoms with van der Waals surface area (Å²) in [6, 6.07) is 7.24. The summed E-state index contributed by atoms with van der Waals surface area (Å²) in [5.41, 5.74) is 6.07. The minimum atomic E-state index is -0.0438. The quantitative estimate of drug-likeness (QED) is 0.396. The fourth-order valence-electron chi connectivity index (χ4n) is 1.72. The van der Waals surface area contributed by atoms with Gasteiger partial charge in [-0.25, -0.2) is 0 Å². The standard InChI is InChI=1S/C14H21IN2O2/c15-11-19-13-7-5-6-12(10-13)14(18)17-9-4-2-1-3-8-16/h5-7,10H,1-4,8-9,11,16H2,(H,17,18). The van der Waals surface area contributed by atoms with Crippen LogP contribution in [-0.2, 0) is 0 Å². The number of carbonyl (C=O) groups is 1. The number of ether oxygens (including phenoxy) is 1. The average Bonchev–Trinajstić information content (AvgIpc) is 2.43. The van der Waals surface area contributed by atoms with E-state index in [1.165, 1.54) is 0 Å². The van der Waals surface area contributed by atoms with Gasteiger partial charge < -0.3 is 15.8 Å². The van der Waals surface area contributed by atoms with Gasteiger partial charge in [0, 0.05) is 12.1 Å². The van der Waals surface area contributed by atoms with Crippen molar-refractivity contribution in [1.82, 2.24) is 5.32 Å². The van der Waals surface area contributed by atoms with Gasteiger partial charge >= 0.3 is 0 Å². The SMILES string of the molecule is NCCCCCCNC(=O)c1cccc(OCI)c1. The number of hydrogen-bond acceptors (Lipinski definition) is 3. The van der Waals surface area contributed by atoms with Gasteiger partial charge in [0.2, 0.25) is 0 Å². The Morgan fingerprint density at radius 3 is 2.79 bits per heavy atom. The Hall–Kier alpha value is -0.820. The fourth-order valence-corrected chi connectivity index (χ4v) is 2.08. The first-order valence-corrected chi connectivity index (χ1v) is 8.07. The molecule has 0 aromatic heterocycles. The van der Waals surface area contributed by atoms with Gasteiger partial charge in [0.1, 0.15) is 10.4 Å². The van der Waals surface area contributed by atoms with Gasteiger partial charge in [-0.2, -0.15) is 0 Å². The van der Waals surface area contributed by atoms with Gasteiger partial charge in [-0.15, -0.1) is 0 Å². The minimum Gasteiger partial charge on any atom is -0.483 e. The van der Waals surface area contributed by atoms with Gasteiger partial charge in [-0.05, 0) is 60.2 Å². The van der Waals surface area contributed by atoms with Crippen LogP contribution in [0.5, 0.6) is 5.75 Å². The van der Waals surface area contributed by atoms with Crippen molar-refractivity contribution in [2.45, 2.75) is 25.7 Å². The van der Waals surface area contributed by atoms with Gasteiger partial charge in [0.15, 0.2) is 0 Å². The van der Waals surface area contributed by atoms with Gasteiger partial charge in [0.05, 0.1) is 0 Å². The Labute approximate surface area is 128 Å². The molecule has 19 heavy (non-hydrogen) atoms. The zero-order chi connectivity index (χ0) is 13.9.